The van der Waals surface area contributed by atoms with Crippen LogP contribution in [0.2, 0.25) is 0 Å². The number of carboxylic acids is 1. The molecule has 0 rings (SSSR count). The summed E-state index contributed by atoms with van der Waals surface area (Å²) in [6, 6.07) is 0. The first-order valence-electron chi connectivity index (χ1n) is 3.93. The van der Waals surface area contributed by atoms with Gasteiger partial charge in [-0.15, -0.1) is 0 Å². The Bertz CT molecular complexity index is 109. The van der Waals surface area contributed by atoms with Crippen LogP contribution in [0.25, 0.3) is 0 Å². The van der Waals surface area contributed by atoms with Crippen molar-refractivity contribution in [3.63, 3.8) is 0 Å². The van der Waals surface area contributed by atoms with Gasteiger partial charge in [0.2, 0.25) is 0 Å². The maximum atomic E-state index is 10.3. The van der Waals surface area contributed by atoms with E-state index in [9.17, 15) is 9.90 Å². The third kappa shape index (κ3) is 8.27. The van der Waals surface area contributed by atoms with Crippen LogP contribution in [0.3, 0.4) is 0 Å². The van der Waals surface area contributed by atoms with Crippen LogP contribution in [-0.2, 0) is 27.2 Å². The van der Waals surface area contributed by atoms with E-state index >= 15 is 0 Å². The number of carbonyl (C=O) groups is 1. The zero-order valence-corrected chi connectivity index (χ0v) is 9.90. The van der Waals surface area contributed by atoms with Gasteiger partial charge < -0.3 is 16.1 Å². The standard InChI is InChI=1S/C8H16O2.Au.H3N/c1-3-5-6-7(4-2)8(9)10;;/h7H,3-6H2,1-2H3,(H,9,10);;1H3/q;+1;/p-1. The Hall–Kier alpha value is 0.170. The van der Waals surface area contributed by atoms with Crippen LogP contribution in [0.4, 0.5) is 0 Å². The summed E-state index contributed by atoms with van der Waals surface area (Å²) < 4.78 is 0. The molecule has 0 saturated heterocycles. The Morgan fingerprint density at radius 1 is 1.42 bits per heavy atom. The molecule has 0 heterocycles. The van der Waals surface area contributed by atoms with Gasteiger partial charge in [0.25, 0.3) is 0 Å². The van der Waals surface area contributed by atoms with E-state index in [0.717, 1.165) is 19.3 Å². The third-order valence-electron chi connectivity index (χ3n) is 1.73. The van der Waals surface area contributed by atoms with Gasteiger partial charge in [-0.05, 0) is 18.8 Å². The molecule has 1 atom stereocenters. The van der Waals surface area contributed by atoms with Crippen molar-refractivity contribution in [1.82, 2.24) is 6.15 Å². The quantitative estimate of drug-likeness (QED) is 0.749. The number of rotatable bonds is 5. The van der Waals surface area contributed by atoms with E-state index < -0.39 is 5.97 Å². The van der Waals surface area contributed by atoms with E-state index in [-0.39, 0.29) is 34.4 Å². The maximum Gasteiger partial charge on any atom is 1.00 e. The molecule has 0 aromatic heterocycles. The molecule has 12 heavy (non-hydrogen) atoms. The van der Waals surface area contributed by atoms with Crippen molar-refractivity contribution in [2.75, 3.05) is 0 Å². The fourth-order valence-corrected chi connectivity index (χ4v) is 0.939. The maximum absolute atomic E-state index is 10.3. The fraction of sp³-hybridized carbons (Fsp3) is 0.875. The summed E-state index contributed by atoms with van der Waals surface area (Å²) in [5.74, 6) is -1.11. The minimum absolute atomic E-state index is 0. The zero-order valence-electron chi connectivity index (χ0n) is 7.73. The molecule has 0 spiro atoms. The van der Waals surface area contributed by atoms with E-state index in [4.69, 9.17) is 0 Å². The van der Waals surface area contributed by atoms with Crippen molar-refractivity contribution in [3.05, 3.63) is 0 Å². The van der Waals surface area contributed by atoms with Crippen LogP contribution < -0.4 is 11.3 Å². The topological polar surface area (TPSA) is 75.1 Å². The van der Waals surface area contributed by atoms with Crippen LogP contribution in [0.15, 0.2) is 0 Å². The second-order valence-electron chi connectivity index (χ2n) is 2.57. The van der Waals surface area contributed by atoms with Gasteiger partial charge in [0.05, 0.1) is 0 Å². The molecular formula is C8H18AuNO2. The molecule has 0 fully saturated rings. The number of hydrogen-bond acceptors (Lipinski definition) is 3. The number of hydrogen-bond donors (Lipinski definition) is 1. The molecule has 0 saturated carbocycles. The molecule has 3 N–H and O–H groups in total. The SMILES string of the molecule is CCCCC(CC)C(=O)[O-].N.[Au+]. The van der Waals surface area contributed by atoms with Gasteiger partial charge in [-0.3, -0.25) is 0 Å². The molecule has 78 valence electrons. The van der Waals surface area contributed by atoms with E-state index in [1.54, 1.807) is 0 Å². The van der Waals surface area contributed by atoms with Crippen LogP contribution in [0.5, 0.6) is 0 Å². The molecule has 0 bridgehead atoms. The monoisotopic (exact) mass is 357 g/mol. The molecule has 4 heteroatoms. The van der Waals surface area contributed by atoms with Gasteiger partial charge in [0.15, 0.2) is 0 Å². The van der Waals surface area contributed by atoms with E-state index in [1.165, 1.54) is 0 Å². The molecule has 3 nitrogen and oxygen atoms in total. The summed E-state index contributed by atoms with van der Waals surface area (Å²) in [6.45, 7) is 3.94. The Balaban J connectivity index is -0.000000405. The van der Waals surface area contributed by atoms with Crippen molar-refractivity contribution in [3.8, 4) is 0 Å². The average molecular weight is 357 g/mol. The van der Waals surface area contributed by atoms with Crippen LogP contribution in [0.1, 0.15) is 39.5 Å². The van der Waals surface area contributed by atoms with Crippen molar-refractivity contribution in [2.24, 2.45) is 5.92 Å². The molecule has 1 unspecified atom stereocenters. The Kier molecular flexibility index (Phi) is 16.8. The van der Waals surface area contributed by atoms with E-state index in [1.807, 2.05) is 6.92 Å². The van der Waals surface area contributed by atoms with Crippen LogP contribution in [-0.4, -0.2) is 5.97 Å². The Morgan fingerprint density at radius 3 is 2.17 bits per heavy atom. The van der Waals surface area contributed by atoms with Crippen LogP contribution in [0, 0.1) is 5.92 Å². The molecule has 0 aliphatic carbocycles. The number of carboxylic acid groups (broad SMARTS) is 1. The molecule has 0 amide bonds. The first-order chi connectivity index (χ1) is 4.72. The minimum atomic E-state index is -0.893. The number of carbonyl (C=O) groups excluding carboxylic acids is 1. The van der Waals surface area contributed by atoms with Gasteiger partial charge >= 0.3 is 22.4 Å². The molecule has 0 radical (unpaired) electrons. The second-order valence-corrected chi connectivity index (χ2v) is 2.57. The van der Waals surface area contributed by atoms with Crippen molar-refractivity contribution in [1.29, 1.82) is 0 Å². The average Bonchev–Trinajstić information content (AvgIpc) is 1.89. The van der Waals surface area contributed by atoms with Crippen molar-refractivity contribution >= 4 is 5.97 Å². The van der Waals surface area contributed by atoms with Gasteiger partial charge in [0.1, 0.15) is 0 Å². The first-order valence-corrected chi connectivity index (χ1v) is 3.93. The van der Waals surface area contributed by atoms with Crippen molar-refractivity contribution in [2.45, 2.75) is 39.5 Å². The third-order valence-corrected chi connectivity index (χ3v) is 1.73. The van der Waals surface area contributed by atoms with Gasteiger partial charge in [-0.25, -0.2) is 0 Å². The predicted octanol–water partition coefficient (Wildman–Crippen LogP) is 1.11. The normalized spacial score (nSPS) is 10.8. The summed E-state index contributed by atoms with van der Waals surface area (Å²) >= 11 is 0. The van der Waals surface area contributed by atoms with Gasteiger partial charge in [-0.1, -0.05) is 26.7 Å². The Labute approximate surface area is 90.0 Å². The van der Waals surface area contributed by atoms with E-state index in [2.05, 4.69) is 6.92 Å². The second kappa shape index (κ2) is 11.2. The number of unbranched alkanes of at least 4 members (excludes halogenated alkanes) is 1. The summed E-state index contributed by atoms with van der Waals surface area (Å²) in [5, 5.41) is 10.3. The van der Waals surface area contributed by atoms with Gasteiger partial charge in [0, 0.05) is 5.97 Å². The molecule has 0 aromatic rings. The first kappa shape index (κ1) is 18.1. The minimum Gasteiger partial charge on any atom is -0.550 e. The predicted molar refractivity (Wildman–Crippen MR) is 43.3 cm³/mol. The van der Waals surface area contributed by atoms with Gasteiger partial charge in [-0.2, -0.15) is 0 Å². The molecule has 0 aliphatic rings. The molecular weight excluding hydrogens is 339 g/mol. The van der Waals surface area contributed by atoms with Crippen LogP contribution >= 0.6 is 0 Å². The smallest absolute Gasteiger partial charge is 0.550 e. The zero-order chi connectivity index (χ0) is 7.98. The Morgan fingerprint density at radius 2 is 1.92 bits per heavy atom. The fourth-order valence-electron chi connectivity index (χ4n) is 0.939. The van der Waals surface area contributed by atoms with Crippen molar-refractivity contribution < 1.29 is 32.3 Å². The van der Waals surface area contributed by atoms with E-state index in [0.29, 0.717) is 6.42 Å². The number of aliphatic carboxylic acids is 1. The summed E-state index contributed by atoms with van der Waals surface area (Å²) in [4.78, 5) is 10.3. The molecule has 0 aliphatic heterocycles. The molecule has 0 aromatic carbocycles. The largest absolute Gasteiger partial charge is 1.00 e. The summed E-state index contributed by atoms with van der Waals surface area (Å²) in [5.41, 5.74) is 0. The summed E-state index contributed by atoms with van der Waals surface area (Å²) in [7, 11) is 0. The summed E-state index contributed by atoms with van der Waals surface area (Å²) in [6.07, 6.45) is 3.52.